The molecule has 0 saturated heterocycles. The molecule has 1 unspecified atom stereocenters. The average molecular weight is 239 g/mol. The Bertz CT molecular complexity index is 222. The molecule has 102 valence electrons. The molecular formula is C16H33N. The minimum atomic E-state index is 0.416. The van der Waals surface area contributed by atoms with E-state index < -0.39 is 0 Å². The number of rotatable bonds is 7. The van der Waals surface area contributed by atoms with Crippen LogP contribution in [0.3, 0.4) is 0 Å². The van der Waals surface area contributed by atoms with E-state index >= 15 is 0 Å². The molecule has 0 fully saturated rings. The van der Waals surface area contributed by atoms with Gasteiger partial charge in [-0.1, -0.05) is 48.1 Å². The van der Waals surface area contributed by atoms with Crippen LogP contribution in [0.15, 0.2) is 12.3 Å². The Morgan fingerprint density at radius 2 is 1.71 bits per heavy atom. The van der Waals surface area contributed by atoms with Gasteiger partial charge in [0.15, 0.2) is 0 Å². The minimum absolute atomic E-state index is 0.416. The van der Waals surface area contributed by atoms with E-state index in [-0.39, 0.29) is 0 Å². The third-order valence-electron chi connectivity index (χ3n) is 3.76. The predicted molar refractivity (Wildman–Crippen MR) is 79.1 cm³/mol. The Balaban J connectivity index is 3.90. The van der Waals surface area contributed by atoms with Crippen LogP contribution in [0.5, 0.6) is 0 Å². The van der Waals surface area contributed by atoms with Crippen molar-refractivity contribution in [3.05, 3.63) is 12.3 Å². The second-order valence-electron chi connectivity index (χ2n) is 7.06. The zero-order valence-corrected chi connectivity index (χ0v) is 13.1. The van der Waals surface area contributed by atoms with Crippen molar-refractivity contribution >= 4 is 0 Å². The highest BCUT2D eigenvalue weighted by Gasteiger charge is 2.13. The fraction of sp³-hybridized carbons (Fsp3) is 0.875. The normalized spacial score (nSPS) is 13.9. The first kappa shape index (κ1) is 16.5. The molecule has 0 N–H and O–H groups in total. The first-order valence-electron chi connectivity index (χ1n) is 7.02. The summed E-state index contributed by atoms with van der Waals surface area (Å²) in [4.78, 5) is 2.33. The molecule has 0 aromatic rings. The Morgan fingerprint density at radius 1 is 1.18 bits per heavy atom. The van der Waals surface area contributed by atoms with Gasteiger partial charge in [0.25, 0.3) is 0 Å². The molecular weight excluding hydrogens is 206 g/mol. The fourth-order valence-electron chi connectivity index (χ4n) is 1.58. The van der Waals surface area contributed by atoms with Crippen LogP contribution < -0.4 is 0 Å². The lowest BCUT2D eigenvalue weighted by Gasteiger charge is -2.27. The molecule has 0 heterocycles. The van der Waals surface area contributed by atoms with Crippen LogP contribution in [0.25, 0.3) is 0 Å². The summed E-state index contributed by atoms with van der Waals surface area (Å²) in [6, 6.07) is 0. The van der Waals surface area contributed by atoms with E-state index in [0.29, 0.717) is 5.41 Å². The highest BCUT2D eigenvalue weighted by Crippen LogP contribution is 2.22. The van der Waals surface area contributed by atoms with Gasteiger partial charge < -0.3 is 4.90 Å². The molecule has 1 atom stereocenters. The van der Waals surface area contributed by atoms with Crippen LogP contribution >= 0.6 is 0 Å². The van der Waals surface area contributed by atoms with E-state index in [4.69, 9.17) is 0 Å². The number of hydrogen-bond acceptors (Lipinski definition) is 1. The van der Waals surface area contributed by atoms with Crippen LogP contribution in [0.2, 0.25) is 0 Å². The summed E-state index contributed by atoms with van der Waals surface area (Å²) in [5.41, 5.74) is 1.71. The number of nitrogens with zero attached hydrogens (tertiary/aromatic N) is 1. The van der Waals surface area contributed by atoms with Crippen molar-refractivity contribution in [3.8, 4) is 0 Å². The summed E-state index contributed by atoms with van der Waals surface area (Å²) in [6.07, 6.45) is 3.62. The van der Waals surface area contributed by atoms with E-state index in [1.807, 2.05) is 0 Å². The first-order valence-corrected chi connectivity index (χ1v) is 7.02. The number of hydrogen-bond donors (Lipinski definition) is 0. The smallest absolute Gasteiger partial charge is 0.0176 e. The van der Waals surface area contributed by atoms with Crippen molar-refractivity contribution in [1.82, 2.24) is 4.90 Å². The van der Waals surface area contributed by atoms with Crippen molar-refractivity contribution in [3.63, 3.8) is 0 Å². The van der Waals surface area contributed by atoms with E-state index in [1.54, 1.807) is 0 Å². The molecule has 1 nitrogen and oxygen atoms in total. The maximum Gasteiger partial charge on any atom is 0.0176 e. The summed E-state index contributed by atoms with van der Waals surface area (Å²) in [7, 11) is 2.17. The molecule has 0 saturated carbocycles. The third-order valence-corrected chi connectivity index (χ3v) is 3.76. The topological polar surface area (TPSA) is 3.24 Å². The van der Waals surface area contributed by atoms with Gasteiger partial charge in [0.1, 0.15) is 0 Å². The summed E-state index contributed by atoms with van der Waals surface area (Å²) in [6.45, 7) is 19.2. The van der Waals surface area contributed by atoms with Gasteiger partial charge in [0.2, 0.25) is 0 Å². The molecule has 1 heteroatoms. The lowest BCUT2D eigenvalue weighted by molar-refractivity contribution is 0.290. The highest BCUT2D eigenvalue weighted by atomic mass is 15.1. The molecule has 0 aromatic heterocycles. The van der Waals surface area contributed by atoms with Crippen molar-refractivity contribution in [2.45, 2.75) is 60.8 Å². The summed E-state index contributed by atoms with van der Waals surface area (Å²) in [5.74, 6) is 1.57. The lowest BCUT2D eigenvalue weighted by atomic mass is 9.91. The minimum Gasteiger partial charge on any atom is -0.378 e. The van der Waals surface area contributed by atoms with Crippen LogP contribution in [0.4, 0.5) is 0 Å². The molecule has 0 aliphatic rings. The molecule has 0 aromatic carbocycles. The van der Waals surface area contributed by atoms with Gasteiger partial charge in [-0.15, -0.1) is 0 Å². The molecule has 0 radical (unpaired) electrons. The van der Waals surface area contributed by atoms with Gasteiger partial charge in [-0.25, -0.2) is 0 Å². The van der Waals surface area contributed by atoms with Gasteiger partial charge in [0, 0.05) is 19.3 Å². The molecule has 0 rings (SSSR count). The maximum absolute atomic E-state index is 4.21. The van der Waals surface area contributed by atoms with Gasteiger partial charge in [-0.2, -0.15) is 0 Å². The Hall–Kier alpha value is -0.460. The van der Waals surface area contributed by atoms with Crippen LogP contribution in [0.1, 0.15) is 60.8 Å². The maximum atomic E-state index is 4.21. The largest absolute Gasteiger partial charge is 0.378 e. The average Bonchev–Trinajstić information content (AvgIpc) is 2.20. The Labute approximate surface area is 109 Å². The van der Waals surface area contributed by atoms with E-state index in [9.17, 15) is 0 Å². The monoisotopic (exact) mass is 239 g/mol. The van der Waals surface area contributed by atoms with E-state index in [0.717, 1.165) is 24.8 Å². The fourth-order valence-corrected chi connectivity index (χ4v) is 1.58. The SMILES string of the molecule is C=C(CCC(C)C(C)C)N(C)CCC(C)(C)C. The van der Waals surface area contributed by atoms with Crippen LogP contribution in [-0.2, 0) is 0 Å². The molecule has 0 spiro atoms. The van der Waals surface area contributed by atoms with Crippen LogP contribution in [0, 0.1) is 17.3 Å². The summed E-state index contributed by atoms with van der Waals surface area (Å²) < 4.78 is 0. The Kier molecular flexibility index (Phi) is 6.89. The van der Waals surface area contributed by atoms with Crippen molar-refractivity contribution in [2.75, 3.05) is 13.6 Å². The number of allylic oxidation sites excluding steroid dienone is 1. The zero-order valence-electron chi connectivity index (χ0n) is 13.1. The predicted octanol–water partition coefficient (Wildman–Crippen LogP) is 4.94. The molecule has 17 heavy (non-hydrogen) atoms. The highest BCUT2D eigenvalue weighted by molar-refractivity contribution is 4.93. The van der Waals surface area contributed by atoms with E-state index in [2.05, 4.69) is 60.1 Å². The first-order chi connectivity index (χ1) is 7.63. The second kappa shape index (κ2) is 7.08. The lowest BCUT2D eigenvalue weighted by Crippen LogP contribution is -2.23. The molecule has 0 aliphatic carbocycles. The van der Waals surface area contributed by atoms with Crippen LogP contribution in [-0.4, -0.2) is 18.5 Å². The molecule has 0 aliphatic heterocycles. The summed E-state index contributed by atoms with van der Waals surface area (Å²) in [5, 5.41) is 0. The molecule has 0 amide bonds. The quantitative estimate of drug-likeness (QED) is 0.608. The zero-order chi connectivity index (χ0) is 13.6. The van der Waals surface area contributed by atoms with Gasteiger partial charge in [-0.05, 0) is 36.5 Å². The standard InChI is InChI=1S/C16H33N/c1-13(2)14(3)9-10-15(4)17(8)12-11-16(5,6)7/h13-14H,4,9-12H2,1-3,5-8H3. The van der Waals surface area contributed by atoms with Crippen molar-refractivity contribution < 1.29 is 0 Å². The molecule has 0 bridgehead atoms. The van der Waals surface area contributed by atoms with Gasteiger partial charge in [0.05, 0.1) is 0 Å². The summed E-state index contributed by atoms with van der Waals surface area (Å²) >= 11 is 0. The van der Waals surface area contributed by atoms with Gasteiger partial charge >= 0.3 is 0 Å². The third kappa shape index (κ3) is 8.29. The van der Waals surface area contributed by atoms with Gasteiger partial charge in [-0.3, -0.25) is 0 Å². The van der Waals surface area contributed by atoms with Crippen molar-refractivity contribution in [1.29, 1.82) is 0 Å². The second-order valence-corrected chi connectivity index (χ2v) is 7.06. The van der Waals surface area contributed by atoms with E-state index in [1.165, 1.54) is 18.5 Å². The Morgan fingerprint density at radius 3 is 2.12 bits per heavy atom. The van der Waals surface area contributed by atoms with Crippen molar-refractivity contribution in [2.24, 2.45) is 17.3 Å².